The molecular formula is C11H17N3O2. The molecule has 16 heavy (non-hydrogen) atoms. The summed E-state index contributed by atoms with van der Waals surface area (Å²) in [7, 11) is 1.91. The highest BCUT2D eigenvalue weighted by Gasteiger charge is 2.17. The summed E-state index contributed by atoms with van der Waals surface area (Å²) >= 11 is 0. The fourth-order valence-electron chi connectivity index (χ4n) is 2.02. The van der Waals surface area contributed by atoms with Crippen LogP contribution in [0, 0.1) is 5.92 Å². The van der Waals surface area contributed by atoms with Gasteiger partial charge in [-0.1, -0.05) is 0 Å². The second-order valence-electron chi connectivity index (χ2n) is 4.18. The third kappa shape index (κ3) is 2.61. The van der Waals surface area contributed by atoms with Crippen LogP contribution >= 0.6 is 0 Å². The molecule has 2 heterocycles. The van der Waals surface area contributed by atoms with Gasteiger partial charge in [0.15, 0.2) is 5.82 Å². The van der Waals surface area contributed by atoms with E-state index in [2.05, 4.69) is 9.97 Å². The minimum Gasteiger partial charge on any atom is -0.381 e. The van der Waals surface area contributed by atoms with Crippen LogP contribution in [0.2, 0.25) is 0 Å². The van der Waals surface area contributed by atoms with Gasteiger partial charge in [0.25, 0.3) is 5.56 Å². The van der Waals surface area contributed by atoms with E-state index in [0.717, 1.165) is 32.6 Å². The second kappa shape index (κ2) is 5.12. The molecule has 0 amide bonds. The summed E-state index contributed by atoms with van der Waals surface area (Å²) in [6.07, 6.45) is 5.29. The number of nitrogens with one attached hydrogen (secondary N) is 1. The van der Waals surface area contributed by atoms with Crippen LogP contribution in [0.25, 0.3) is 0 Å². The third-order valence-electron chi connectivity index (χ3n) is 2.92. The molecule has 0 unspecified atom stereocenters. The molecule has 0 bridgehead atoms. The van der Waals surface area contributed by atoms with Gasteiger partial charge in [0.05, 0.1) is 0 Å². The zero-order valence-corrected chi connectivity index (χ0v) is 9.48. The zero-order valence-electron chi connectivity index (χ0n) is 9.48. The van der Waals surface area contributed by atoms with Gasteiger partial charge in [0.2, 0.25) is 0 Å². The molecule has 1 saturated heterocycles. The Hall–Kier alpha value is -1.36. The quantitative estimate of drug-likeness (QED) is 0.816. The molecule has 88 valence electrons. The van der Waals surface area contributed by atoms with Gasteiger partial charge in [-0.3, -0.25) is 4.79 Å². The normalized spacial score (nSPS) is 17.3. The predicted octanol–water partition coefficient (Wildman–Crippen LogP) is 0.633. The third-order valence-corrected chi connectivity index (χ3v) is 2.92. The van der Waals surface area contributed by atoms with E-state index in [0.29, 0.717) is 11.7 Å². The standard InChI is InChI=1S/C11H17N3O2/c1-14(8-9-2-6-16-7-3-9)10-11(15)13-5-4-12-10/h4-5,9H,2-3,6-8H2,1H3,(H,13,15). The van der Waals surface area contributed by atoms with Crippen molar-refractivity contribution in [1.82, 2.24) is 9.97 Å². The van der Waals surface area contributed by atoms with E-state index in [9.17, 15) is 4.79 Å². The summed E-state index contributed by atoms with van der Waals surface area (Å²) in [6.45, 7) is 2.53. The summed E-state index contributed by atoms with van der Waals surface area (Å²) < 4.78 is 5.31. The first kappa shape index (κ1) is 11.1. The van der Waals surface area contributed by atoms with Crippen molar-refractivity contribution in [3.8, 4) is 0 Å². The molecule has 0 saturated carbocycles. The van der Waals surface area contributed by atoms with Crippen molar-refractivity contribution < 1.29 is 4.74 Å². The van der Waals surface area contributed by atoms with E-state index >= 15 is 0 Å². The van der Waals surface area contributed by atoms with Crippen LogP contribution in [0.4, 0.5) is 5.82 Å². The van der Waals surface area contributed by atoms with Crippen molar-refractivity contribution in [3.63, 3.8) is 0 Å². The SMILES string of the molecule is CN(CC1CCOCC1)c1ncc[nH]c1=O. The minimum atomic E-state index is -0.128. The van der Waals surface area contributed by atoms with Crippen molar-refractivity contribution in [2.24, 2.45) is 5.92 Å². The maximum atomic E-state index is 11.5. The van der Waals surface area contributed by atoms with Gasteiger partial charge >= 0.3 is 0 Å². The molecule has 0 atom stereocenters. The van der Waals surface area contributed by atoms with Crippen LogP contribution in [0.15, 0.2) is 17.2 Å². The van der Waals surface area contributed by atoms with E-state index in [1.165, 1.54) is 0 Å². The lowest BCUT2D eigenvalue weighted by atomic mass is 10.00. The van der Waals surface area contributed by atoms with E-state index in [-0.39, 0.29) is 5.56 Å². The number of ether oxygens (including phenoxy) is 1. The lowest BCUT2D eigenvalue weighted by Crippen LogP contribution is -2.33. The first-order chi connectivity index (χ1) is 7.77. The van der Waals surface area contributed by atoms with Crippen molar-refractivity contribution in [1.29, 1.82) is 0 Å². The molecule has 5 heteroatoms. The second-order valence-corrected chi connectivity index (χ2v) is 4.18. The molecule has 0 aliphatic carbocycles. The molecule has 0 spiro atoms. The number of aromatic amines is 1. The maximum absolute atomic E-state index is 11.5. The average molecular weight is 223 g/mol. The highest BCUT2D eigenvalue weighted by molar-refractivity contribution is 5.33. The number of rotatable bonds is 3. The van der Waals surface area contributed by atoms with Gasteiger partial charge < -0.3 is 14.6 Å². The van der Waals surface area contributed by atoms with Crippen LogP contribution in [0.3, 0.4) is 0 Å². The van der Waals surface area contributed by atoms with Crippen molar-refractivity contribution >= 4 is 5.82 Å². The van der Waals surface area contributed by atoms with Gasteiger partial charge in [0.1, 0.15) is 0 Å². The number of aromatic nitrogens is 2. The lowest BCUT2D eigenvalue weighted by Gasteiger charge is -2.27. The molecule has 1 aromatic rings. The number of nitrogens with zero attached hydrogens (tertiary/aromatic N) is 2. The lowest BCUT2D eigenvalue weighted by molar-refractivity contribution is 0.0685. The van der Waals surface area contributed by atoms with Crippen LogP contribution in [0.5, 0.6) is 0 Å². The fourth-order valence-corrected chi connectivity index (χ4v) is 2.02. The first-order valence-corrected chi connectivity index (χ1v) is 5.60. The predicted molar refractivity (Wildman–Crippen MR) is 61.7 cm³/mol. The van der Waals surface area contributed by atoms with Crippen LogP contribution in [-0.2, 0) is 4.74 Å². The van der Waals surface area contributed by atoms with Gasteiger partial charge in [0, 0.05) is 39.2 Å². The Morgan fingerprint density at radius 3 is 3.00 bits per heavy atom. The van der Waals surface area contributed by atoms with Gasteiger partial charge in [-0.2, -0.15) is 0 Å². The summed E-state index contributed by atoms with van der Waals surface area (Å²) in [5.41, 5.74) is -0.128. The largest absolute Gasteiger partial charge is 0.381 e. The molecule has 1 fully saturated rings. The Kier molecular flexibility index (Phi) is 3.56. The van der Waals surface area contributed by atoms with E-state index < -0.39 is 0 Å². The molecule has 1 N–H and O–H groups in total. The number of hydrogen-bond donors (Lipinski definition) is 1. The molecule has 1 aliphatic heterocycles. The Balaban J connectivity index is 1.99. The van der Waals surface area contributed by atoms with Crippen molar-refractivity contribution in [2.75, 3.05) is 31.7 Å². The maximum Gasteiger partial charge on any atom is 0.290 e. The molecule has 0 aromatic carbocycles. The first-order valence-electron chi connectivity index (χ1n) is 5.60. The fraction of sp³-hybridized carbons (Fsp3) is 0.636. The van der Waals surface area contributed by atoms with Gasteiger partial charge in [-0.05, 0) is 18.8 Å². The van der Waals surface area contributed by atoms with E-state index in [1.807, 2.05) is 11.9 Å². The molecular weight excluding hydrogens is 206 g/mol. The molecule has 0 radical (unpaired) electrons. The Morgan fingerprint density at radius 1 is 1.56 bits per heavy atom. The molecule has 2 rings (SSSR count). The highest BCUT2D eigenvalue weighted by atomic mass is 16.5. The van der Waals surface area contributed by atoms with Crippen molar-refractivity contribution in [3.05, 3.63) is 22.7 Å². The summed E-state index contributed by atoms with van der Waals surface area (Å²) in [5.74, 6) is 1.09. The topological polar surface area (TPSA) is 58.2 Å². The average Bonchev–Trinajstić information content (AvgIpc) is 2.31. The zero-order chi connectivity index (χ0) is 11.4. The van der Waals surface area contributed by atoms with E-state index in [4.69, 9.17) is 4.74 Å². The van der Waals surface area contributed by atoms with E-state index in [1.54, 1.807) is 12.4 Å². The number of hydrogen-bond acceptors (Lipinski definition) is 4. The number of anilines is 1. The molecule has 1 aliphatic rings. The number of H-pyrrole nitrogens is 1. The summed E-state index contributed by atoms with van der Waals surface area (Å²) in [4.78, 5) is 20.2. The molecule has 1 aromatic heterocycles. The summed E-state index contributed by atoms with van der Waals surface area (Å²) in [5, 5.41) is 0. The van der Waals surface area contributed by atoms with Crippen LogP contribution < -0.4 is 10.5 Å². The minimum absolute atomic E-state index is 0.128. The molecule has 5 nitrogen and oxygen atoms in total. The smallest absolute Gasteiger partial charge is 0.290 e. The van der Waals surface area contributed by atoms with Crippen molar-refractivity contribution in [2.45, 2.75) is 12.8 Å². The van der Waals surface area contributed by atoms with Crippen LogP contribution in [0.1, 0.15) is 12.8 Å². The Labute approximate surface area is 94.5 Å². The summed E-state index contributed by atoms with van der Waals surface area (Å²) in [6, 6.07) is 0. The Bertz CT molecular complexity index is 385. The highest BCUT2D eigenvalue weighted by Crippen LogP contribution is 2.16. The van der Waals surface area contributed by atoms with Gasteiger partial charge in [-0.15, -0.1) is 0 Å². The monoisotopic (exact) mass is 223 g/mol. The van der Waals surface area contributed by atoms with Gasteiger partial charge in [-0.25, -0.2) is 4.98 Å². The Morgan fingerprint density at radius 2 is 2.31 bits per heavy atom. The van der Waals surface area contributed by atoms with Crippen LogP contribution in [-0.4, -0.2) is 36.8 Å².